The Morgan fingerprint density at radius 1 is 0.525 bits per heavy atom. The van der Waals surface area contributed by atoms with Crippen LogP contribution in [-0.2, 0) is 60.5 Å². The fraction of sp³-hybridized carbons (Fsp3) is 0.341. The Hall–Kier alpha value is -11.9. The number of likely N-dealkylation sites (N-methyl/N-ethyl adjacent to an activating group) is 2. The van der Waals surface area contributed by atoms with Gasteiger partial charge >= 0.3 is 17.9 Å². The van der Waals surface area contributed by atoms with Crippen LogP contribution in [0.3, 0.4) is 0 Å². The number of aromatic carboxylic acids is 1. The van der Waals surface area contributed by atoms with Crippen LogP contribution in [0.1, 0.15) is 162 Å². The first-order chi connectivity index (χ1) is 56.5. The summed E-state index contributed by atoms with van der Waals surface area (Å²) >= 11 is 3.24. The normalized spacial score (nSPS) is 17.4. The highest BCUT2D eigenvalue weighted by atomic mass is 79.9. The second-order valence-electron chi connectivity index (χ2n) is 31.4. The Bertz CT molecular complexity index is 5090. The third kappa shape index (κ3) is 22.0. The van der Waals surface area contributed by atoms with Crippen LogP contribution in [0.5, 0.6) is 11.5 Å². The number of ketones is 2. The average molecular weight is 1680 g/mol. The molecule has 7 aromatic carbocycles. The summed E-state index contributed by atoms with van der Waals surface area (Å²) in [5.74, 6) is -1.03. The first kappa shape index (κ1) is 88.4. The summed E-state index contributed by atoms with van der Waals surface area (Å²) in [6.07, 6.45) is 15.5. The second-order valence-corrected chi connectivity index (χ2v) is 38.0. The predicted molar refractivity (Wildman–Crippen MR) is 460 cm³/mol. The number of carbonyl (C=O) groups is 8. The van der Waals surface area contributed by atoms with E-state index in [2.05, 4.69) is 131 Å². The van der Waals surface area contributed by atoms with Gasteiger partial charge in [-0.15, -0.1) is 0 Å². The molecule has 118 heavy (non-hydrogen) atoms. The van der Waals surface area contributed by atoms with Gasteiger partial charge in [0.15, 0.2) is 11.6 Å². The number of imidazole rings is 3. The van der Waals surface area contributed by atoms with E-state index < -0.39 is 49.8 Å². The number of carboxylic acid groups (broad SMARTS) is 1. The van der Waals surface area contributed by atoms with E-state index in [0.29, 0.717) is 46.5 Å². The third-order valence-corrected chi connectivity index (χ3v) is 21.7. The second kappa shape index (κ2) is 39.3. The van der Waals surface area contributed by atoms with Crippen LogP contribution in [0.4, 0.5) is 11.4 Å². The summed E-state index contributed by atoms with van der Waals surface area (Å²) in [5.41, 5.74) is 20.4. The van der Waals surface area contributed by atoms with Gasteiger partial charge in [-0.1, -0.05) is 218 Å². The van der Waals surface area contributed by atoms with Crippen LogP contribution in [0.25, 0.3) is 0 Å². The molecule has 2 atom stereocenters. The number of hydrogen-bond acceptors (Lipinski definition) is 17. The van der Waals surface area contributed by atoms with Gasteiger partial charge < -0.3 is 65.6 Å². The lowest BCUT2D eigenvalue weighted by Gasteiger charge is -2.20. The van der Waals surface area contributed by atoms with Crippen LogP contribution < -0.4 is 36.1 Å². The zero-order valence-corrected chi connectivity index (χ0v) is 70.7. The lowest BCUT2D eigenvalue weighted by molar-refractivity contribution is -0.135. The summed E-state index contributed by atoms with van der Waals surface area (Å²) in [7, 11) is 2.77. The molecular formula is C91H105BrN12O13Si. The van der Waals surface area contributed by atoms with E-state index >= 15 is 0 Å². The van der Waals surface area contributed by atoms with Gasteiger partial charge in [0.25, 0.3) is 11.8 Å². The molecule has 10 N–H and O–H groups in total. The van der Waals surface area contributed by atoms with E-state index in [9.17, 15) is 38.4 Å². The van der Waals surface area contributed by atoms with Crippen molar-refractivity contribution in [3.05, 3.63) is 281 Å². The number of para-hydroxylation sites is 4. The Morgan fingerprint density at radius 3 is 1.23 bits per heavy atom. The van der Waals surface area contributed by atoms with Gasteiger partial charge in [0.05, 0.1) is 40.7 Å². The number of nitrogens with one attached hydrogen (secondary N) is 5. The van der Waals surface area contributed by atoms with Gasteiger partial charge in [0, 0.05) is 74.1 Å². The van der Waals surface area contributed by atoms with Crippen LogP contribution in [0.15, 0.2) is 219 Å². The van der Waals surface area contributed by atoms with Crippen molar-refractivity contribution in [3.8, 4) is 11.5 Å². The Balaban J connectivity index is 0.000000148. The number of aromatic nitrogens is 6. The van der Waals surface area contributed by atoms with E-state index in [1.807, 2.05) is 146 Å². The zero-order valence-electron chi connectivity index (χ0n) is 68.2. The number of esters is 2. The van der Waals surface area contributed by atoms with Crippen LogP contribution in [-0.4, -0.2) is 154 Å². The standard InChI is InChI=1S/C23H22N4O3.C15H16N2O2.C13H12N2O2.C11H11BrO.C11H12O.C10H12N2O2.C4H8N2O2.C4H12Si/c1-27-17-9-5-6-10-18(17)30-14-16(22(27)29)25-21(28)20-24-13-19(26-20)23(11-12-23)15-7-3-2-4-8-15;1-2-19-14(18)13-16-10-12(17-13)15(8-9-15)11-6-4-3-5-7-11;16-12(17)11-14-8-10(15-11)13(6-7-13)9-4-2-1-3-5-9;12-8-10(13)11(6-7-11)9-4-2-1-3-5-9;1-9(12)11(7-8-11)10-5-3-2-4-6-10;1-12-8-4-2-3-5-9(8)14-6-7(11)10(12)13;1-2-8-4(7)3(5)6;1-5(2,3)4/h2-10,13,16H,11-12,14H2,1H3,(H,24,26)(H,25,28);3-7,10H,2,8-9H2,1H3,(H,16,17);1-5,8H,6-7H2,(H,14,15)(H,16,17);1-5H,6-8H2;2-6H,7-8H2,1H3;2-5,7H,6,11H2,1H3;2H2,1H3,(H3,5,6);1-4H3/t16-;;;;;7-;;/m0....0../s1. The van der Waals surface area contributed by atoms with Gasteiger partial charge in [-0.2, -0.15) is 0 Å². The topological polar surface area (TPSA) is 374 Å². The smallest absolute Gasteiger partial charge is 0.374 e. The highest BCUT2D eigenvalue weighted by Crippen LogP contribution is 2.55. The van der Waals surface area contributed by atoms with Gasteiger partial charge in [-0.25, -0.2) is 29.3 Å². The molecular weight excluding hydrogens is 1580 g/mol. The third-order valence-electron chi connectivity index (χ3n) is 21.2. The number of amides is 3. The molecule has 0 saturated heterocycles. The number of fused-ring (bicyclic) bond motifs is 2. The van der Waals surface area contributed by atoms with E-state index in [1.54, 1.807) is 59.5 Å². The van der Waals surface area contributed by atoms with Crippen molar-refractivity contribution >= 4 is 88.4 Å². The molecule has 618 valence electrons. The fourth-order valence-corrected chi connectivity index (χ4v) is 14.5. The monoisotopic (exact) mass is 1680 g/mol. The number of rotatable bonds is 17. The molecule has 0 unspecified atom stereocenters. The summed E-state index contributed by atoms with van der Waals surface area (Å²) in [6, 6.07) is 64.2. The minimum absolute atomic E-state index is 0.0129. The number of nitrogens with two attached hydrogens (primary N) is 2. The Kier molecular flexibility index (Phi) is 29.5. The molecule has 0 spiro atoms. The number of carboxylic acids is 1. The van der Waals surface area contributed by atoms with Gasteiger partial charge in [-0.05, 0) is 137 Å². The number of benzene rings is 7. The molecule has 2 aliphatic heterocycles. The first-order valence-electron chi connectivity index (χ1n) is 39.5. The van der Waals surface area contributed by atoms with Crippen molar-refractivity contribution in [1.29, 1.82) is 5.41 Å². The van der Waals surface area contributed by atoms with Crippen molar-refractivity contribution in [2.45, 2.75) is 150 Å². The first-order valence-corrected chi connectivity index (χ1v) is 44.6. The van der Waals surface area contributed by atoms with Crippen LogP contribution >= 0.6 is 15.9 Å². The van der Waals surface area contributed by atoms with E-state index in [1.165, 1.54) is 37.6 Å². The highest BCUT2D eigenvalue weighted by Gasteiger charge is 2.52. The number of H-pyrrole nitrogens is 3. The lowest BCUT2D eigenvalue weighted by atomic mass is 9.92. The molecule has 3 amide bonds. The predicted octanol–water partition coefficient (Wildman–Crippen LogP) is 14.3. The van der Waals surface area contributed by atoms with Crippen molar-refractivity contribution < 1.29 is 62.4 Å². The number of carbonyl (C=O) groups excluding carboxylic acids is 7. The quantitative estimate of drug-likeness (QED) is 0.0138. The summed E-state index contributed by atoms with van der Waals surface area (Å²) in [4.78, 5) is 117. The number of Topliss-reactive ketones (excluding diaryl/α,β-unsaturated/α-hetero) is 2. The maximum atomic E-state index is 12.8. The molecule has 0 radical (unpaired) electrons. The summed E-state index contributed by atoms with van der Waals surface area (Å²) in [5, 5.41) is 18.6. The molecule has 5 heterocycles. The minimum atomic E-state index is -1.01. The number of hydrogen-bond donors (Lipinski definition) is 8. The van der Waals surface area contributed by atoms with E-state index in [0.717, 1.165) is 87.0 Å². The summed E-state index contributed by atoms with van der Waals surface area (Å²) < 4.78 is 20.4. The number of ether oxygens (including phenoxy) is 4. The number of alkyl halides is 1. The SMILES string of the molecule is CC(=O)C1(c2ccccc2)CC1.CCOC(=O)C(=N)N.CCOC(=O)c1ncc(C2(c3ccccc3)CC2)[nH]1.CN1C(=O)[C@@H](N)COc2ccccc21.CN1C(=O)[C@@H](NC(=O)c2ncc(C3(c4ccccc4)CC3)[nH]2)COc2ccccc21.C[Si](C)(C)C.O=C(CBr)C1(c2ccccc2)CC1.O=C(O)c1ncc(C2(c3ccccc3)CC2)[nH]1. The molecule has 0 bridgehead atoms. The number of halogens is 1. The fourth-order valence-electron chi connectivity index (χ4n) is 13.9. The van der Waals surface area contributed by atoms with E-state index in [-0.39, 0.29) is 70.4 Å². The molecule has 17 rings (SSSR count). The molecule has 27 heteroatoms. The van der Waals surface area contributed by atoms with Gasteiger partial charge in [0.2, 0.25) is 23.4 Å². The molecule has 5 aliphatic carbocycles. The highest BCUT2D eigenvalue weighted by molar-refractivity contribution is 9.09. The van der Waals surface area contributed by atoms with Crippen molar-refractivity contribution in [2.75, 3.05) is 55.7 Å². The molecule has 3 aromatic heterocycles. The zero-order chi connectivity index (χ0) is 85.0. The maximum Gasteiger partial charge on any atom is 0.374 e. The number of nitrogens with zero attached hydrogens (tertiary/aromatic N) is 5. The maximum absolute atomic E-state index is 12.8. The van der Waals surface area contributed by atoms with Crippen molar-refractivity contribution in [1.82, 2.24) is 35.2 Å². The van der Waals surface area contributed by atoms with E-state index in [4.69, 9.17) is 36.2 Å². The lowest BCUT2D eigenvalue weighted by Crippen LogP contribution is -2.49. The molecule has 10 aromatic rings. The molecule has 5 saturated carbocycles. The average Bonchev–Trinajstić information content (AvgIpc) is 1.60. The van der Waals surface area contributed by atoms with Crippen molar-refractivity contribution in [2.24, 2.45) is 11.5 Å². The number of amidine groups is 1. The largest absolute Gasteiger partial charge is 0.489 e. The van der Waals surface area contributed by atoms with Crippen LogP contribution in [0.2, 0.25) is 26.2 Å². The number of aromatic amines is 3. The molecule has 25 nitrogen and oxygen atoms in total. The van der Waals surface area contributed by atoms with Crippen molar-refractivity contribution in [3.63, 3.8) is 0 Å². The van der Waals surface area contributed by atoms with Crippen LogP contribution in [0, 0.1) is 5.41 Å². The van der Waals surface area contributed by atoms with Gasteiger partial charge in [0.1, 0.15) is 42.6 Å². The Morgan fingerprint density at radius 2 is 0.873 bits per heavy atom. The molecule has 5 fully saturated rings. The molecule has 7 aliphatic rings. The number of anilines is 2. The van der Waals surface area contributed by atoms with Gasteiger partial charge in [-0.3, -0.25) is 29.4 Å². The minimum Gasteiger partial charge on any atom is -0.489 e. The Labute approximate surface area is 697 Å². The summed E-state index contributed by atoms with van der Waals surface area (Å²) in [6.45, 7) is 15.4.